The molecule has 1 unspecified atom stereocenters. The van der Waals surface area contributed by atoms with Crippen molar-refractivity contribution in [3.05, 3.63) is 21.8 Å². The summed E-state index contributed by atoms with van der Waals surface area (Å²) in [6.45, 7) is 1.03. The van der Waals surface area contributed by atoms with Gasteiger partial charge in [-0.2, -0.15) is 4.98 Å². The van der Waals surface area contributed by atoms with Gasteiger partial charge < -0.3 is 9.84 Å². The van der Waals surface area contributed by atoms with Crippen LogP contribution in [0.2, 0.25) is 0 Å². The summed E-state index contributed by atoms with van der Waals surface area (Å²) in [5.41, 5.74) is 0. The van der Waals surface area contributed by atoms with Crippen LogP contribution >= 0.6 is 27.3 Å². The normalized spacial score (nSPS) is 20.4. The fourth-order valence-corrected chi connectivity index (χ4v) is 3.15. The summed E-state index contributed by atoms with van der Waals surface area (Å²) >= 11 is 5.02. The number of aromatic nitrogens is 2. The lowest BCUT2D eigenvalue weighted by Crippen LogP contribution is -2.12. The summed E-state index contributed by atoms with van der Waals surface area (Å²) in [6.07, 6.45) is 2.25. The van der Waals surface area contributed by atoms with Crippen LogP contribution < -0.4 is 5.32 Å². The monoisotopic (exact) mass is 299 g/mol. The fourth-order valence-electron chi connectivity index (χ4n) is 1.80. The average Bonchev–Trinajstić information content (AvgIpc) is 2.97. The zero-order valence-electron chi connectivity index (χ0n) is 8.44. The number of nitrogens with one attached hydrogen (secondary N) is 1. The van der Waals surface area contributed by atoms with E-state index < -0.39 is 0 Å². The first kappa shape index (κ1) is 10.4. The van der Waals surface area contributed by atoms with E-state index in [1.807, 2.05) is 11.4 Å². The molecule has 0 bridgehead atoms. The summed E-state index contributed by atoms with van der Waals surface area (Å²) in [6, 6.07) is 2.24. The van der Waals surface area contributed by atoms with E-state index in [9.17, 15) is 0 Å². The van der Waals surface area contributed by atoms with Crippen molar-refractivity contribution in [1.82, 2.24) is 15.5 Å². The molecule has 0 spiro atoms. The summed E-state index contributed by atoms with van der Waals surface area (Å²) in [5.74, 6) is 1.39. The Bertz CT molecular complexity index is 490. The maximum atomic E-state index is 5.28. The summed E-state index contributed by atoms with van der Waals surface area (Å²) in [4.78, 5) is 5.45. The number of hydrogen-bond acceptors (Lipinski definition) is 5. The molecule has 16 heavy (non-hydrogen) atoms. The molecular weight excluding hydrogens is 290 g/mol. The number of rotatable bonds is 2. The van der Waals surface area contributed by atoms with Gasteiger partial charge in [0.15, 0.2) is 0 Å². The predicted octanol–water partition coefficient (Wildman–Crippen LogP) is 2.99. The van der Waals surface area contributed by atoms with E-state index >= 15 is 0 Å². The molecule has 6 heteroatoms. The van der Waals surface area contributed by atoms with E-state index in [4.69, 9.17) is 4.52 Å². The second kappa shape index (κ2) is 4.27. The van der Waals surface area contributed by atoms with Crippen molar-refractivity contribution < 1.29 is 4.52 Å². The largest absolute Gasteiger partial charge is 0.337 e. The number of hydrogen-bond donors (Lipinski definition) is 1. The lowest BCUT2D eigenvalue weighted by atomic mass is 10.2. The number of halogens is 1. The number of thiophene rings is 1. The Balaban J connectivity index is 1.87. The smallest absolute Gasteiger partial charge is 0.244 e. The maximum absolute atomic E-state index is 5.28. The SMILES string of the molecule is Brc1csc(-c2noc(C3CCCN3)n2)c1. The Morgan fingerprint density at radius 2 is 2.50 bits per heavy atom. The molecule has 1 aliphatic rings. The molecule has 1 saturated heterocycles. The molecule has 3 rings (SSSR count). The van der Waals surface area contributed by atoms with Gasteiger partial charge in [-0.25, -0.2) is 0 Å². The molecule has 0 aromatic carbocycles. The fraction of sp³-hybridized carbons (Fsp3) is 0.400. The van der Waals surface area contributed by atoms with Crippen molar-refractivity contribution in [3.63, 3.8) is 0 Å². The van der Waals surface area contributed by atoms with Crippen molar-refractivity contribution in [3.8, 4) is 10.7 Å². The van der Waals surface area contributed by atoms with Crippen LogP contribution in [-0.2, 0) is 0 Å². The highest BCUT2D eigenvalue weighted by molar-refractivity contribution is 9.10. The van der Waals surface area contributed by atoms with Gasteiger partial charge in [-0.15, -0.1) is 11.3 Å². The third-order valence-electron chi connectivity index (χ3n) is 2.59. The first-order valence-corrected chi connectivity index (χ1v) is 6.81. The van der Waals surface area contributed by atoms with Crippen LogP contribution in [0.25, 0.3) is 10.7 Å². The summed E-state index contributed by atoms with van der Waals surface area (Å²) in [7, 11) is 0. The Morgan fingerprint density at radius 3 is 3.19 bits per heavy atom. The highest BCUT2D eigenvalue weighted by atomic mass is 79.9. The Morgan fingerprint density at radius 1 is 1.56 bits per heavy atom. The summed E-state index contributed by atoms with van der Waals surface area (Å²) in [5, 5.41) is 9.36. The van der Waals surface area contributed by atoms with E-state index in [-0.39, 0.29) is 6.04 Å². The minimum atomic E-state index is 0.240. The zero-order chi connectivity index (χ0) is 11.0. The molecule has 0 radical (unpaired) electrons. The minimum absolute atomic E-state index is 0.240. The van der Waals surface area contributed by atoms with Crippen LogP contribution in [0.5, 0.6) is 0 Å². The van der Waals surface area contributed by atoms with Crippen LogP contribution in [-0.4, -0.2) is 16.7 Å². The molecule has 2 aromatic rings. The molecule has 3 heterocycles. The third-order valence-corrected chi connectivity index (χ3v) is 4.28. The van der Waals surface area contributed by atoms with Crippen molar-refractivity contribution in [1.29, 1.82) is 0 Å². The Hall–Kier alpha value is -0.720. The van der Waals surface area contributed by atoms with E-state index in [1.54, 1.807) is 11.3 Å². The molecule has 4 nitrogen and oxygen atoms in total. The van der Waals surface area contributed by atoms with Gasteiger partial charge in [0.2, 0.25) is 11.7 Å². The van der Waals surface area contributed by atoms with Crippen LogP contribution in [0, 0.1) is 0 Å². The van der Waals surface area contributed by atoms with E-state index in [1.165, 1.54) is 6.42 Å². The van der Waals surface area contributed by atoms with Gasteiger partial charge >= 0.3 is 0 Å². The van der Waals surface area contributed by atoms with Gasteiger partial charge in [0.05, 0.1) is 10.9 Å². The van der Waals surface area contributed by atoms with Gasteiger partial charge in [0.1, 0.15) is 0 Å². The molecule has 0 saturated carbocycles. The van der Waals surface area contributed by atoms with Crippen molar-refractivity contribution >= 4 is 27.3 Å². The van der Waals surface area contributed by atoms with Crippen molar-refractivity contribution in [2.75, 3.05) is 6.54 Å². The van der Waals surface area contributed by atoms with Crippen LogP contribution in [0.15, 0.2) is 20.4 Å². The summed E-state index contributed by atoms with van der Waals surface area (Å²) < 4.78 is 6.33. The number of nitrogens with zero attached hydrogens (tertiary/aromatic N) is 2. The topological polar surface area (TPSA) is 51.0 Å². The van der Waals surface area contributed by atoms with Crippen molar-refractivity contribution in [2.45, 2.75) is 18.9 Å². The maximum Gasteiger partial charge on any atom is 0.244 e. The van der Waals surface area contributed by atoms with Gasteiger partial charge in [-0.3, -0.25) is 0 Å². The van der Waals surface area contributed by atoms with Gasteiger partial charge in [-0.1, -0.05) is 5.16 Å². The highest BCUT2D eigenvalue weighted by Gasteiger charge is 2.22. The molecule has 84 valence electrons. The van der Waals surface area contributed by atoms with E-state index in [0.29, 0.717) is 11.7 Å². The first-order valence-electron chi connectivity index (χ1n) is 5.14. The molecule has 1 aliphatic heterocycles. The molecule has 0 amide bonds. The highest BCUT2D eigenvalue weighted by Crippen LogP contribution is 2.29. The first-order chi connectivity index (χ1) is 7.83. The molecular formula is C10H10BrN3OS. The predicted molar refractivity (Wildman–Crippen MR) is 65.3 cm³/mol. The quantitative estimate of drug-likeness (QED) is 0.926. The molecule has 2 aromatic heterocycles. The average molecular weight is 300 g/mol. The lowest BCUT2D eigenvalue weighted by molar-refractivity contribution is 0.345. The second-order valence-electron chi connectivity index (χ2n) is 3.73. The third kappa shape index (κ3) is 1.92. The van der Waals surface area contributed by atoms with Gasteiger partial charge in [-0.05, 0) is 41.4 Å². The molecule has 1 atom stereocenters. The van der Waals surface area contributed by atoms with Gasteiger partial charge in [0.25, 0.3) is 0 Å². The Labute approximate surface area is 105 Å². The molecule has 1 N–H and O–H groups in total. The second-order valence-corrected chi connectivity index (χ2v) is 5.56. The van der Waals surface area contributed by atoms with Crippen LogP contribution in [0.1, 0.15) is 24.8 Å². The van der Waals surface area contributed by atoms with Crippen LogP contribution in [0.4, 0.5) is 0 Å². The lowest BCUT2D eigenvalue weighted by Gasteiger charge is -2.01. The Kier molecular flexibility index (Phi) is 2.79. The standard InChI is InChI=1S/C10H10BrN3OS/c11-6-4-8(16-5-6)9-13-10(15-14-9)7-2-1-3-12-7/h4-5,7,12H,1-3H2. The van der Waals surface area contributed by atoms with Gasteiger partial charge in [0, 0.05) is 9.85 Å². The zero-order valence-corrected chi connectivity index (χ0v) is 10.8. The van der Waals surface area contributed by atoms with E-state index in [0.717, 1.165) is 22.3 Å². The van der Waals surface area contributed by atoms with Crippen LogP contribution in [0.3, 0.4) is 0 Å². The molecule has 1 fully saturated rings. The van der Waals surface area contributed by atoms with Crippen molar-refractivity contribution in [2.24, 2.45) is 0 Å². The molecule has 0 aliphatic carbocycles. The minimum Gasteiger partial charge on any atom is -0.337 e. The van der Waals surface area contributed by atoms with E-state index in [2.05, 4.69) is 31.4 Å².